The van der Waals surface area contributed by atoms with Crippen LogP contribution < -0.4 is 44.6 Å². The number of H-pyrrole nitrogens is 1. The normalized spacial score (nSPS) is 13.8. The molecule has 44 heavy (non-hydrogen) atoms. The average molecular weight is 617 g/mol. The number of carboxylic acids is 1. The van der Waals surface area contributed by atoms with Crippen molar-refractivity contribution in [1.82, 2.24) is 20.9 Å². The molecule has 0 spiro atoms. The number of carbonyl (C=O) groups is 4. The minimum absolute atomic E-state index is 0.0595. The van der Waals surface area contributed by atoms with Crippen LogP contribution in [0.1, 0.15) is 56.9 Å². The number of nitrogens with zero attached hydrogens (tertiary/aromatic N) is 1. The lowest BCUT2D eigenvalue weighted by molar-refractivity contribution is -0.142. The largest absolute Gasteiger partial charge is 0.480 e. The Hall–Kier alpha value is -4.21. The molecule has 0 aliphatic rings. The second kappa shape index (κ2) is 19.1. The smallest absolute Gasteiger partial charge is 0.326 e. The quantitative estimate of drug-likeness (QED) is 0.0458. The van der Waals surface area contributed by atoms with Gasteiger partial charge in [0.05, 0.1) is 6.04 Å². The first-order valence-corrected chi connectivity index (χ1v) is 15.0. The van der Waals surface area contributed by atoms with Crippen LogP contribution in [-0.4, -0.2) is 83.5 Å². The molecule has 1 aromatic carbocycles. The number of fused-ring (bicyclic) bond motifs is 1. The Bertz CT molecular complexity index is 1250. The molecule has 1 aromatic heterocycles. The third-order valence-electron chi connectivity index (χ3n) is 7.18. The second-order valence-corrected chi connectivity index (χ2v) is 10.7. The fourth-order valence-electron chi connectivity index (χ4n) is 4.72. The van der Waals surface area contributed by atoms with Crippen LogP contribution in [0.15, 0.2) is 35.5 Å². The molecule has 4 atom stereocenters. The number of unbranched alkanes of at least 4 members (excludes halogenated alkanes) is 2. The highest BCUT2D eigenvalue weighted by Gasteiger charge is 2.31. The van der Waals surface area contributed by atoms with E-state index >= 15 is 0 Å². The topological polar surface area (TPSA) is 283 Å². The second-order valence-electron chi connectivity index (χ2n) is 10.7. The van der Waals surface area contributed by atoms with Gasteiger partial charge in [0.1, 0.15) is 18.1 Å². The lowest BCUT2D eigenvalue weighted by Crippen LogP contribution is -2.57. The molecule has 244 valence electrons. The van der Waals surface area contributed by atoms with Crippen LogP contribution in [0.2, 0.25) is 0 Å². The van der Waals surface area contributed by atoms with Crippen molar-refractivity contribution in [3.63, 3.8) is 0 Å². The molecule has 3 amide bonds. The Morgan fingerprint density at radius 2 is 1.39 bits per heavy atom. The lowest BCUT2D eigenvalue weighted by Gasteiger charge is -2.25. The van der Waals surface area contributed by atoms with E-state index < -0.39 is 47.9 Å². The number of benzene rings is 1. The summed E-state index contributed by atoms with van der Waals surface area (Å²) in [6.07, 6.45) is 5.32. The number of nitrogens with two attached hydrogens (primary N) is 5. The monoisotopic (exact) mass is 616 g/mol. The van der Waals surface area contributed by atoms with Gasteiger partial charge in [0.25, 0.3) is 0 Å². The molecule has 0 bridgehead atoms. The number of aliphatic carboxylic acids is 1. The Kier molecular flexibility index (Phi) is 15.7. The predicted octanol–water partition coefficient (Wildman–Crippen LogP) is -1.11. The maximum atomic E-state index is 13.6. The van der Waals surface area contributed by atoms with E-state index in [0.717, 1.165) is 16.5 Å². The van der Waals surface area contributed by atoms with E-state index in [1.165, 1.54) is 0 Å². The van der Waals surface area contributed by atoms with E-state index in [1.807, 2.05) is 24.3 Å². The third-order valence-corrected chi connectivity index (χ3v) is 7.18. The van der Waals surface area contributed by atoms with E-state index in [4.69, 9.17) is 28.7 Å². The molecule has 2 aromatic rings. The number of hydrogen-bond acceptors (Lipinski definition) is 8. The Morgan fingerprint density at radius 1 is 0.795 bits per heavy atom. The van der Waals surface area contributed by atoms with Gasteiger partial charge in [-0.25, -0.2) is 4.79 Å². The molecule has 0 fully saturated rings. The average Bonchev–Trinajstić information content (AvgIpc) is 3.40. The van der Waals surface area contributed by atoms with Gasteiger partial charge in [0.2, 0.25) is 17.7 Å². The summed E-state index contributed by atoms with van der Waals surface area (Å²) in [7, 11) is 0. The van der Waals surface area contributed by atoms with Crippen LogP contribution in [-0.2, 0) is 25.6 Å². The van der Waals surface area contributed by atoms with Crippen molar-refractivity contribution in [2.75, 3.05) is 19.6 Å². The summed E-state index contributed by atoms with van der Waals surface area (Å²) in [5.74, 6) is -3.12. The summed E-state index contributed by atoms with van der Waals surface area (Å²) in [6, 6.07) is 3.23. The fraction of sp³-hybridized carbons (Fsp3) is 0.552. The van der Waals surface area contributed by atoms with Gasteiger partial charge in [-0.05, 0) is 69.7 Å². The molecule has 0 saturated heterocycles. The predicted molar refractivity (Wildman–Crippen MR) is 169 cm³/mol. The number of nitrogens with one attached hydrogen (secondary N) is 4. The van der Waals surface area contributed by atoms with E-state index in [2.05, 4.69) is 25.9 Å². The highest BCUT2D eigenvalue weighted by molar-refractivity contribution is 5.94. The molecule has 0 aliphatic carbocycles. The summed E-state index contributed by atoms with van der Waals surface area (Å²) in [6.45, 7) is 1.08. The van der Waals surface area contributed by atoms with Crippen molar-refractivity contribution in [2.45, 2.75) is 82.0 Å². The number of aliphatic imine (C=N–C) groups is 1. The van der Waals surface area contributed by atoms with Crippen LogP contribution in [0.4, 0.5) is 0 Å². The Labute approximate surface area is 257 Å². The van der Waals surface area contributed by atoms with Gasteiger partial charge in [0.15, 0.2) is 5.96 Å². The zero-order valence-corrected chi connectivity index (χ0v) is 25.1. The summed E-state index contributed by atoms with van der Waals surface area (Å²) in [5.41, 5.74) is 29.5. The minimum atomic E-state index is -1.19. The number of rotatable bonds is 21. The minimum Gasteiger partial charge on any atom is -0.480 e. The zero-order chi connectivity index (χ0) is 32.5. The van der Waals surface area contributed by atoms with Crippen LogP contribution >= 0.6 is 0 Å². The van der Waals surface area contributed by atoms with Gasteiger partial charge < -0.3 is 54.7 Å². The van der Waals surface area contributed by atoms with Gasteiger partial charge in [-0.3, -0.25) is 19.4 Å². The number of aromatic amines is 1. The number of aromatic nitrogens is 1. The highest BCUT2D eigenvalue weighted by Crippen LogP contribution is 2.19. The first kappa shape index (κ1) is 36.0. The standard InChI is InChI=1S/C29H48N10O5/c30-13-5-3-9-20(32)25(40)37-22(12-7-15-35-29(33)34)26(41)39-24(16-18-17-36-21-10-2-1-8-19(18)21)27(42)38-23(28(43)44)11-4-6-14-31/h1-2,8,10,17,20,22-24,36H,3-7,9,11-16,30-32H2,(H,37,40)(H,38,42)(H,39,41)(H,43,44)(H4,33,34,35). The Morgan fingerprint density at radius 3 is 2.05 bits per heavy atom. The molecule has 0 saturated carbocycles. The molecule has 15 heteroatoms. The molecule has 4 unspecified atom stereocenters. The van der Waals surface area contributed by atoms with Crippen molar-refractivity contribution < 1.29 is 24.3 Å². The molecule has 0 aliphatic heterocycles. The van der Waals surface area contributed by atoms with Crippen LogP contribution in [0.3, 0.4) is 0 Å². The van der Waals surface area contributed by atoms with E-state index in [0.29, 0.717) is 51.6 Å². The van der Waals surface area contributed by atoms with E-state index in [1.54, 1.807) is 6.20 Å². The first-order chi connectivity index (χ1) is 21.1. The zero-order valence-electron chi connectivity index (χ0n) is 25.1. The maximum Gasteiger partial charge on any atom is 0.326 e. The van der Waals surface area contributed by atoms with Crippen molar-refractivity contribution in [3.8, 4) is 0 Å². The van der Waals surface area contributed by atoms with Gasteiger partial charge in [-0.1, -0.05) is 24.6 Å². The van der Waals surface area contributed by atoms with Gasteiger partial charge in [0, 0.05) is 30.1 Å². The molecule has 1 heterocycles. The molecule has 2 rings (SSSR count). The summed E-state index contributed by atoms with van der Waals surface area (Å²) < 4.78 is 0. The number of guanidine groups is 1. The van der Waals surface area contributed by atoms with E-state index in [9.17, 15) is 24.3 Å². The summed E-state index contributed by atoms with van der Waals surface area (Å²) in [5, 5.41) is 18.6. The number of amides is 3. The number of carboxylic acid groups (broad SMARTS) is 1. The van der Waals surface area contributed by atoms with Gasteiger partial charge in [-0.15, -0.1) is 0 Å². The number of carbonyl (C=O) groups excluding carboxylic acids is 3. The molecular formula is C29H48N10O5. The van der Waals surface area contributed by atoms with Crippen LogP contribution in [0, 0.1) is 0 Å². The number of para-hydroxylation sites is 1. The fourth-order valence-corrected chi connectivity index (χ4v) is 4.72. The highest BCUT2D eigenvalue weighted by atomic mass is 16.4. The third kappa shape index (κ3) is 12.2. The SMILES string of the molecule is NCCCCC(N)C(=O)NC(CCCN=C(N)N)C(=O)NC(Cc1c[nH]c2ccccc12)C(=O)NC(CCCCN)C(=O)O. The Balaban J connectivity index is 2.29. The van der Waals surface area contributed by atoms with Crippen molar-refractivity contribution in [3.05, 3.63) is 36.0 Å². The lowest BCUT2D eigenvalue weighted by atomic mass is 10.0. The number of hydrogen-bond donors (Lipinski definition) is 10. The summed E-state index contributed by atoms with van der Waals surface area (Å²) in [4.78, 5) is 59.1. The van der Waals surface area contributed by atoms with Crippen molar-refractivity contribution in [2.24, 2.45) is 33.7 Å². The van der Waals surface area contributed by atoms with Crippen LogP contribution in [0.25, 0.3) is 10.9 Å². The van der Waals surface area contributed by atoms with Crippen molar-refractivity contribution in [1.29, 1.82) is 0 Å². The molecule has 0 radical (unpaired) electrons. The van der Waals surface area contributed by atoms with Gasteiger partial charge >= 0.3 is 5.97 Å². The van der Waals surface area contributed by atoms with Gasteiger partial charge in [-0.2, -0.15) is 0 Å². The molecule has 15 N–H and O–H groups in total. The maximum absolute atomic E-state index is 13.6. The first-order valence-electron chi connectivity index (χ1n) is 15.0. The molecule has 15 nitrogen and oxygen atoms in total. The summed E-state index contributed by atoms with van der Waals surface area (Å²) >= 11 is 0. The van der Waals surface area contributed by atoms with Crippen molar-refractivity contribution >= 4 is 40.6 Å². The van der Waals surface area contributed by atoms with Crippen LogP contribution in [0.5, 0.6) is 0 Å². The van der Waals surface area contributed by atoms with E-state index in [-0.39, 0.29) is 31.8 Å². The molecular weight excluding hydrogens is 568 g/mol.